The summed E-state index contributed by atoms with van der Waals surface area (Å²) in [7, 11) is 0. The predicted molar refractivity (Wildman–Crippen MR) is 60.4 cm³/mol. The Bertz CT molecular complexity index is 295. The molecular weight excluding hydrogens is 174 g/mol. The molecular formula is C12H19NO. The molecule has 0 aliphatic rings. The molecule has 1 aromatic carbocycles. The monoisotopic (exact) mass is 193 g/mol. The fourth-order valence-corrected chi connectivity index (χ4v) is 1.36. The molecule has 0 unspecified atom stereocenters. The predicted octanol–water partition coefficient (Wildman–Crippen LogP) is 2.12. The lowest BCUT2D eigenvalue weighted by Gasteiger charge is -2.07. The van der Waals surface area contributed by atoms with Crippen molar-refractivity contribution in [1.29, 1.82) is 0 Å². The molecule has 1 rings (SSSR count). The first-order valence-electron chi connectivity index (χ1n) is 4.93. The molecule has 0 saturated heterocycles. The van der Waals surface area contributed by atoms with Gasteiger partial charge in [0.15, 0.2) is 0 Å². The summed E-state index contributed by atoms with van der Waals surface area (Å²) in [6, 6.07) is 7.90. The van der Waals surface area contributed by atoms with Gasteiger partial charge >= 0.3 is 0 Å². The third kappa shape index (κ3) is 2.96. The van der Waals surface area contributed by atoms with E-state index in [9.17, 15) is 4.79 Å². The standard InChI is InChI=1S/C12H17NO.H2/c1-9(2)11-5-3-10(4-6-11)7-12(13)8-14;/h3-6,8-9,12H,7,13H2,1-2H3;1H/t12-;/m0./s1. The summed E-state index contributed by atoms with van der Waals surface area (Å²) >= 11 is 0. The molecule has 0 fully saturated rings. The van der Waals surface area contributed by atoms with Crippen molar-refractivity contribution >= 4 is 6.29 Å². The van der Waals surface area contributed by atoms with Gasteiger partial charge in [-0.25, -0.2) is 0 Å². The maximum absolute atomic E-state index is 10.4. The van der Waals surface area contributed by atoms with Crippen LogP contribution >= 0.6 is 0 Å². The largest absolute Gasteiger partial charge is 0.321 e. The topological polar surface area (TPSA) is 43.1 Å². The van der Waals surface area contributed by atoms with Gasteiger partial charge in [0.2, 0.25) is 0 Å². The summed E-state index contributed by atoms with van der Waals surface area (Å²) < 4.78 is 0. The molecule has 1 aromatic rings. The van der Waals surface area contributed by atoms with E-state index in [-0.39, 0.29) is 7.47 Å². The second kappa shape index (κ2) is 4.91. The van der Waals surface area contributed by atoms with Gasteiger partial charge < -0.3 is 10.5 Å². The van der Waals surface area contributed by atoms with Gasteiger partial charge in [0.1, 0.15) is 6.29 Å². The van der Waals surface area contributed by atoms with E-state index < -0.39 is 0 Å². The quantitative estimate of drug-likeness (QED) is 0.744. The summed E-state index contributed by atoms with van der Waals surface area (Å²) in [5.74, 6) is 0.545. The molecule has 14 heavy (non-hydrogen) atoms. The van der Waals surface area contributed by atoms with E-state index >= 15 is 0 Å². The van der Waals surface area contributed by atoms with Crippen molar-refractivity contribution in [2.75, 3.05) is 0 Å². The highest BCUT2D eigenvalue weighted by Gasteiger charge is 2.03. The van der Waals surface area contributed by atoms with Crippen molar-refractivity contribution in [2.45, 2.75) is 32.2 Å². The van der Waals surface area contributed by atoms with E-state index in [1.54, 1.807) is 0 Å². The smallest absolute Gasteiger partial charge is 0.137 e. The molecule has 0 bridgehead atoms. The zero-order chi connectivity index (χ0) is 10.6. The number of hydrogen-bond donors (Lipinski definition) is 1. The van der Waals surface area contributed by atoms with Crippen molar-refractivity contribution in [3.63, 3.8) is 0 Å². The summed E-state index contributed by atoms with van der Waals surface area (Å²) in [6.07, 6.45) is 1.41. The van der Waals surface area contributed by atoms with Crippen LogP contribution in [0, 0.1) is 0 Å². The highest BCUT2D eigenvalue weighted by molar-refractivity contribution is 5.57. The normalized spacial score (nSPS) is 12.9. The number of carbonyl (C=O) groups is 1. The maximum Gasteiger partial charge on any atom is 0.137 e. The van der Waals surface area contributed by atoms with Gasteiger partial charge in [-0.2, -0.15) is 0 Å². The van der Waals surface area contributed by atoms with Crippen LogP contribution in [0.15, 0.2) is 24.3 Å². The molecule has 1 atom stereocenters. The number of rotatable bonds is 4. The Labute approximate surface area is 86.6 Å². The molecule has 0 radical (unpaired) electrons. The van der Waals surface area contributed by atoms with E-state index in [0.29, 0.717) is 12.3 Å². The maximum atomic E-state index is 10.4. The Morgan fingerprint density at radius 1 is 1.36 bits per heavy atom. The Hall–Kier alpha value is -1.15. The summed E-state index contributed by atoms with van der Waals surface area (Å²) in [5, 5.41) is 0. The minimum absolute atomic E-state index is 0. The van der Waals surface area contributed by atoms with E-state index in [0.717, 1.165) is 11.8 Å². The Balaban J connectivity index is 0.00000196. The van der Waals surface area contributed by atoms with Gasteiger partial charge in [0, 0.05) is 1.43 Å². The van der Waals surface area contributed by atoms with Gasteiger partial charge in [0.05, 0.1) is 6.04 Å². The SMILES string of the molecule is CC(C)c1ccc(C[C@H](N)C=O)cc1.[HH]. The zero-order valence-electron chi connectivity index (χ0n) is 8.73. The van der Waals surface area contributed by atoms with Crippen LogP contribution in [0.3, 0.4) is 0 Å². The lowest BCUT2D eigenvalue weighted by molar-refractivity contribution is -0.108. The molecule has 0 spiro atoms. The van der Waals surface area contributed by atoms with Crippen molar-refractivity contribution in [1.82, 2.24) is 0 Å². The van der Waals surface area contributed by atoms with Gasteiger partial charge in [0.25, 0.3) is 0 Å². The number of nitrogens with two attached hydrogens (primary N) is 1. The minimum Gasteiger partial charge on any atom is -0.321 e. The van der Waals surface area contributed by atoms with Crippen molar-refractivity contribution in [2.24, 2.45) is 5.73 Å². The van der Waals surface area contributed by atoms with Crippen LogP contribution in [0.2, 0.25) is 0 Å². The van der Waals surface area contributed by atoms with Crippen LogP contribution in [-0.4, -0.2) is 12.3 Å². The zero-order valence-corrected chi connectivity index (χ0v) is 8.73. The third-order valence-electron chi connectivity index (χ3n) is 2.29. The van der Waals surface area contributed by atoms with Crippen molar-refractivity contribution in [3.05, 3.63) is 35.4 Å². The molecule has 2 nitrogen and oxygen atoms in total. The van der Waals surface area contributed by atoms with E-state index in [4.69, 9.17) is 5.73 Å². The van der Waals surface area contributed by atoms with Crippen LogP contribution in [0.25, 0.3) is 0 Å². The van der Waals surface area contributed by atoms with Crippen LogP contribution < -0.4 is 5.73 Å². The molecule has 0 aliphatic heterocycles. The van der Waals surface area contributed by atoms with Gasteiger partial charge in [-0.05, 0) is 23.5 Å². The molecule has 0 heterocycles. The Kier molecular flexibility index (Phi) is 3.84. The van der Waals surface area contributed by atoms with Crippen molar-refractivity contribution < 1.29 is 6.22 Å². The van der Waals surface area contributed by atoms with Crippen LogP contribution in [-0.2, 0) is 11.2 Å². The molecule has 0 aromatic heterocycles. The second-order valence-electron chi connectivity index (χ2n) is 3.90. The average Bonchev–Trinajstić information content (AvgIpc) is 2.18. The van der Waals surface area contributed by atoms with Gasteiger partial charge in [-0.15, -0.1) is 0 Å². The first kappa shape index (κ1) is 10.9. The Morgan fingerprint density at radius 2 is 1.93 bits per heavy atom. The second-order valence-corrected chi connectivity index (χ2v) is 3.90. The number of hydrogen-bond acceptors (Lipinski definition) is 2. The van der Waals surface area contributed by atoms with Crippen LogP contribution in [0.1, 0.15) is 32.3 Å². The molecule has 0 aliphatic carbocycles. The molecule has 78 valence electrons. The van der Waals surface area contributed by atoms with Gasteiger partial charge in [-0.1, -0.05) is 38.1 Å². The van der Waals surface area contributed by atoms with Crippen LogP contribution in [0.4, 0.5) is 0 Å². The highest BCUT2D eigenvalue weighted by Crippen LogP contribution is 2.14. The first-order valence-corrected chi connectivity index (χ1v) is 4.93. The third-order valence-corrected chi connectivity index (χ3v) is 2.29. The number of benzene rings is 1. The summed E-state index contributed by atoms with van der Waals surface area (Å²) in [4.78, 5) is 10.4. The van der Waals surface area contributed by atoms with Crippen LogP contribution in [0.5, 0.6) is 0 Å². The van der Waals surface area contributed by atoms with E-state index in [2.05, 4.69) is 26.0 Å². The molecule has 0 amide bonds. The lowest BCUT2D eigenvalue weighted by Crippen LogP contribution is -2.23. The first-order chi connectivity index (χ1) is 6.63. The van der Waals surface area contributed by atoms with E-state index in [1.165, 1.54) is 5.56 Å². The summed E-state index contributed by atoms with van der Waals surface area (Å²) in [6.45, 7) is 4.32. The van der Waals surface area contributed by atoms with Crippen molar-refractivity contribution in [3.8, 4) is 0 Å². The molecule has 2 heteroatoms. The minimum atomic E-state index is -0.375. The highest BCUT2D eigenvalue weighted by atomic mass is 16.1. The van der Waals surface area contributed by atoms with E-state index in [1.807, 2.05) is 12.1 Å². The summed E-state index contributed by atoms with van der Waals surface area (Å²) in [5.41, 5.74) is 7.97. The molecule has 0 saturated carbocycles. The lowest BCUT2D eigenvalue weighted by atomic mass is 9.99. The fourth-order valence-electron chi connectivity index (χ4n) is 1.36. The fraction of sp³-hybridized carbons (Fsp3) is 0.417. The number of carbonyl (C=O) groups excluding carboxylic acids is 1. The Morgan fingerprint density at radius 3 is 2.36 bits per heavy atom. The van der Waals surface area contributed by atoms with Gasteiger partial charge in [-0.3, -0.25) is 0 Å². The molecule has 2 N–H and O–H groups in total. The number of aldehydes is 1. The average molecular weight is 193 g/mol.